The molecule has 1 aromatic carbocycles. The summed E-state index contributed by atoms with van der Waals surface area (Å²) in [5.41, 5.74) is 1.03. The van der Waals surface area contributed by atoms with Gasteiger partial charge in [0, 0.05) is 5.56 Å². The van der Waals surface area contributed by atoms with Crippen LogP contribution < -0.4 is 4.74 Å². The fraction of sp³-hybridized carbons (Fsp3) is 0.200. The highest BCUT2D eigenvalue weighted by Crippen LogP contribution is 2.28. The Morgan fingerprint density at radius 2 is 2.27 bits per heavy atom. The maximum Gasteiger partial charge on any atom is 0.183 e. The number of halogens is 1. The lowest BCUT2D eigenvalue weighted by molar-refractivity contribution is 0.340. The van der Waals surface area contributed by atoms with Gasteiger partial charge in [-0.3, -0.25) is 0 Å². The first-order valence-electron chi connectivity index (χ1n) is 4.52. The summed E-state index contributed by atoms with van der Waals surface area (Å²) in [5, 5.41) is 8.86. The van der Waals surface area contributed by atoms with E-state index in [1.165, 1.54) is 11.3 Å². The van der Waals surface area contributed by atoms with Crippen LogP contribution in [-0.4, -0.2) is 16.8 Å². The average molecular weight is 285 g/mol. The Bertz CT molecular complexity index is 458. The Morgan fingerprint density at radius 3 is 2.93 bits per heavy atom. The molecule has 15 heavy (non-hydrogen) atoms. The van der Waals surface area contributed by atoms with Crippen LogP contribution in [0.4, 0.5) is 0 Å². The lowest BCUT2D eigenvalue weighted by atomic mass is 10.2. The van der Waals surface area contributed by atoms with E-state index in [1.807, 2.05) is 31.2 Å². The predicted octanol–water partition coefficient (Wildman–Crippen LogP) is 3.37. The summed E-state index contributed by atoms with van der Waals surface area (Å²) in [6.45, 7) is 2.64. The van der Waals surface area contributed by atoms with Crippen LogP contribution in [-0.2, 0) is 0 Å². The molecule has 2 rings (SSSR count). The molecule has 0 spiro atoms. The van der Waals surface area contributed by atoms with Crippen molar-refractivity contribution in [1.29, 1.82) is 0 Å². The molecule has 0 bridgehead atoms. The van der Waals surface area contributed by atoms with E-state index >= 15 is 0 Å². The van der Waals surface area contributed by atoms with Crippen LogP contribution in [0.5, 0.6) is 5.75 Å². The number of nitrogens with zero attached hydrogens (tertiary/aromatic N) is 2. The van der Waals surface area contributed by atoms with Crippen molar-refractivity contribution >= 4 is 27.3 Å². The molecule has 0 aliphatic heterocycles. The minimum atomic E-state index is 0.670. The SMILES string of the molecule is CCOc1cccc(-c2nnc(Br)s2)c1. The van der Waals surface area contributed by atoms with E-state index in [1.54, 1.807) is 0 Å². The molecule has 78 valence electrons. The van der Waals surface area contributed by atoms with E-state index in [9.17, 15) is 0 Å². The van der Waals surface area contributed by atoms with Crippen LogP contribution >= 0.6 is 27.3 Å². The van der Waals surface area contributed by atoms with Gasteiger partial charge in [-0.15, -0.1) is 10.2 Å². The van der Waals surface area contributed by atoms with Crippen LogP contribution in [0.3, 0.4) is 0 Å². The van der Waals surface area contributed by atoms with Gasteiger partial charge in [-0.1, -0.05) is 23.5 Å². The largest absolute Gasteiger partial charge is 0.494 e. The average Bonchev–Trinajstić information content (AvgIpc) is 2.66. The van der Waals surface area contributed by atoms with E-state index in [0.29, 0.717) is 6.61 Å². The molecule has 0 fully saturated rings. The van der Waals surface area contributed by atoms with Gasteiger partial charge in [-0.25, -0.2) is 0 Å². The number of ether oxygens (including phenoxy) is 1. The number of hydrogen-bond acceptors (Lipinski definition) is 4. The molecule has 0 aliphatic rings. The molecule has 0 aliphatic carbocycles. The first-order valence-corrected chi connectivity index (χ1v) is 6.13. The first kappa shape index (κ1) is 10.6. The number of aromatic nitrogens is 2. The first-order chi connectivity index (χ1) is 7.29. The molecule has 0 unspecified atom stereocenters. The minimum Gasteiger partial charge on any atom is -0.494 e. The third-order valence-corrected chi connectivity index (χ3v) is 3.20. The van der Waals surface area contributed by atoms with Crippen LogP contribution in [0.1, 0.15) is 6.92 Å². The molecule has 0 saturated carbocycles. The van der Waals surface area contributed by atoms with Gasteiger partial charge in [0.05, 0.1) is 6.61 Å². The second-order valence-corrected chi connectivity index (χ2v) is 5.07. The highest BCUT2D eigenvalue weighted by Gasteiger charge is 2.05. The number of rotatable bonds is 3. The maximum absolute atomic E-state index is 5.42. The second kappa shape index (κ2) is 4.72. The van der Waals surface area contributed by atoms with Gasteiger partial charge < -0.3 is 4.74 Å². The number of benzene rings is 1. The van der Waals surface area contributed by atoms with Gasteiger partial charge in [0.25, 0.3) is 0 Å². The highest BCUT2D eigenvalue weighted by molar-refractivity contribution is 9.11. The summed E-state index contributed by atoms with van der Waals surface area (Å²) in [7, 11) is 0. The van der Waals surface area contributed by atoms with Gasteiger partial charge in [0.15, 0.2) is 3.92 Å². The summed E-state index contributed by atoms with van der Waals surface area (Å²) in [6.07, 6.45) is 0. The van der Waals surface area contributed by atoms with Crippen LogP contribution in [0.2, 0.25) is 0 Å². The summed E-state index contributed by atoms with van der Waals surface area (Å²) in [6, 6.07) is 7.85. The topological polar surface area (TPSA) is 35.0 Å². The Kier molecular flexibility index (Phi) is 3.33. The molecule has 0 saturated heterocycles. The van der Waals surface area contributed by atoms with Crippen molar-refractivity contribution in [1.82, 2.24) is 10.2 Å². The Labute approximate surface area is 100 Å². The zero-order valence-corrected chi connectivity index (χ0v) is 10.5. The van der Waals surface area contributed by atoms with Gasteiger partial charge in [-0.05, 0) is 35.0 Å². The predicted molar refractivity (Wildman–Crippen MR) is 64.2 cm³/mol. The van der Waals surface area contributed by atoms with Crippen molar-refractivity contribution in [3.05, 3.63) is 28.2 Å². The lowest BCUT2D eigenvalue weighted by Crippen LogP contribution is -1.90. The molecule has 0 amide bonds. The Morgan fingerprint density at radius 1 is 1.40 bits per heavy atom. The fourth-order valence-corrected chi connectivity index (χ4v) is 2.31. The lowest BCUT2D eigenvalue weighted by Gasteiger charge is -2.03. The van der Waals surface area contributed by atoms with E-state index in [4.69, 9.17) is 4.74 Å². The summed E-state index contributed by atoms with van der Waals surface area (Å²) in [5.74, 6) is 0.862. The molecule has 1 heterocycles. The van der Waals surface area contributed by atoms with Gasteiger partial charge in [0.1, 0.15) is 10.8 Å². The van der Waals surface area contributed by atoms with E-state index in [0.717, 1.165) is 20.2 Å². The molecule has 2 aromatic rings. The monoisotopic (exact) mass is 284 g/mol. The molecule has 0 radical (unpaired) electrons. The van der Waals surface area contributed by atoms with Crippen molar-refractivity contribution in [2.75, 3.05) is 6.61 Å². The van der Waals surface area contributed by atoms with Gasteiger partial charge >= 0.3 is 0 Å². The fourth-order valence-electron chi connectivity index (χ4n) is 1.21. The molecule has 0 N–H and O–H groups in total. The summed E-state index contributed by atoms with van der Waals surface area (Å²) < 4.78 is 6.21. The standard InChI is InChI=1S/C10H9BrN2OS/c1-2-14-8-5-3-4-7(6-8)9-12-13-10(11)15-9/h3-6H,2H2,1H3. The van der Waals surface area contributed by atoms with Gasteiger partial charge in [0.2, 0.25) is 0 Å². The van der Waals surface area contributed by atoms with Crippen molar-refractivity contribution in [3.63, 3.8) is 0 Å². The van der Waals surface area contributed by atoms with E-state index in [-0.39, 0.29) is 0 Å². The van der Waals surface area contributed by atoms with E-state index < -0.39 is 0 Å². The normalized spacial score (nSPS) is 10.3. The van der Waals surface area contributed by atoms with Crippen molar-refractivity contribution in [2.45, 2.75) is 6.92 Å². The molecule has 1 aromatic heterocycles. The van der Waals surface area contributed by atoms with Crippen molar-refractivity contribution in [3.8, 4) is 16.3 Å². The van der Waals surface area contributed by atoms with Crippen molar-refractivity contribution in [2.24, 2.45) is 0 Å². The van der Waals surface area contributed by atoms with Crippen molar-refractivity contribution < 1.29 is 4.74 Å². The number of hydrogen-bond donors (Lipinski definition) is 0. The quantitative estimate of drug-likeness (QED) is 0.867. The molecule has 0 atom stereocenters. The highest BCUT2D eigenvalue weighted by atomic mass is 79.9. The second-order valence-electron chi connectivity index (χ2n) is 2.82. The van der Waals surface area contributed by atoms with Crippen LogP contribution in [0, 0.1) is 0 Å². The zero-order chi connectivity index (χ0) is 10.7. The maximum atomic E-state index is 5.42. The molecular weight excluding hydrogens is 276 g/mol. The molecule has 3 nitrogen and oxygen atoms in total. The van der Waals surface area contributed by atoms with Crippen LogP contribution in [0.25, 0.3) is 10.6 Å². The third-order valence-electron chi connectivity index (χ3n) is 1.79. The molecule has 5 heteroatoms. The summed E-state index contributed by atoms with van der Waals surface area (Å²) in [4.78, 5) is 0. The molecular formula is C10H9BrN2OS. The Hall–Kier alpha value is -0.940. The van der Waals surface area contributed by atoms with E-state index in [2.05, 4.69) is 26.1 Å². The van der Waals surface area contributed by atoms with Gasteiger partial charge in [-0.2, -0.15) is 0 Å². The Balaban J connectivity index is 2.32. The smallest absolute Gasteiger partial charge is 0.183 e. The zero-order valence-electron chi connectivity index (χ0n) is 8.11. The minimum absolute atomic E-state index is 0.670. The summed E-state index contributed by atoms with van der Waals surface area (Å²) >= 11 is 4.80. The third kappa shape index (κ3) is 2.54. The van der Waals surface area contributed by atoms with Crippen LogP contribution in [0.15, 0.2) is 28.2 Å².